The van der Waals surface area contributed by atoms with Crippen molar-refractivity contribution in [3.05, 3.63) is 66.5 Å². The Labute approximate surface area is 212 Å². The van der Waals surface area contributed by atoms with Crippen LogP contribution in [0.15, 0.2) is 65.2 Å². The van der Waals surface area contributed by atoms with Crippen molar-refractivity contribution in [3.63, 3.8) is 0 Å². The number of hydrogen-bond acceptors (Lipinski definition) is 8. The molecule has 184 valence electrons. The number of methoxy groups -OCH3 is 2. The molecule has 35 heavy (non-hydrogen) atoms. The van der Waals surface area contributed by atoms with E-state index in [1.165, 1.54) is 26.0 Å². The van der Waals surface area contributed by atoms with Crippen molar-refractivity contribution in [3.8, 4) is 11.5 Å². The van der Waals surface area contributed by atoms with Crippen molar-refractivity contribution in [2.45, 2.75) is 23.1 Å². The van der Waals surface area contributed by atoms with Crippen molar-refractivity contribution in [1.29, 1.82) is 0 Å². The van der Waals surface area contributed by atoms with Crippen LogP contribution in [0.2, 0.25) is 0 Å². The minimum absolute atomic E-state index is 0.148. The Bertz CT molecular complexity index is 1200. The van der Waals surface area contributed by atoms with Gasteiger partial charge in [-0.25, -0.2) is 0 Å². The molecule has 1 heterocycles. The van der Waals surface area contributed by atoms with Crippen LogP contribution in [0.3, 0.4) is 0 Å². The lowest BCUT2D eigenvalue weighted by atomic mass is 10.2. The number of ether oxygens (including phenoxy) is 2. The van der Waals surface area contributed by atoms with E-state index in [4.69, 9.17) is 9.47 Å². The predicted octanol–water partition coefficient (Wildman–Crippen LogP) is 3.86. The van der Waals surface area contributed by atoms with Gasteiger partial charge in [0.2, 0.25) is 5.91 Å². The number of carbonyl (C=O) groups excluding carboxylic acids is 2. The van der Waals surface area contributed by atoms with Crippen LogP contribution in [-0.2, 0) is 17.9 Å². The van der Waals surface area contributed by atoms with Gasteiger partial charge in [0.05, 0.1) is 26.5 Å². The zero-order valence-electron chi connectivity index (χ0n) is 19.7. The standard InChI is InChI=1S/C24H27N5O4S2/c1-5-11-29-21(14-25-23(31)16-9-10-19(32-2)20(12-16)33-3)27-28-24(29)35-15-22(30)26-17-7-6-8-18(13-17)34-4/h5-10,12-13H,1,11,14-15H2,2-4H3,(H,25,31)(H,26,30). The highest BCUT2D eigenvalue weighted by Crippen LogP contribution is 2.27. The number of nitrogens with one attached hydrogen (secondary N) is 2. The molecule has 0 aliphatic heterocycles. The molecule has 0 spiro atoms. The van der Waals surface area contributed by atoms with Crippen LogP contribution < -0.4 is 20.1 Å². The molecule has 0 saturated heterocycles. The summed E-state index contributed by atoms with van der Waals surface area (Å²) in [5, 5.41) is 14.7. The second kappa shape index (κ2) is 12.9. The molecule has 1 aromatic heterocycles. The Kier molecular flexibility index (Phi) is 9.62. The number of carbonyl (C=O) groups is 2. The summed E-state index contributed by atoms with van der Waals surface area (Å²) >= 11 is 2.88. The molecule has 3 rings (SSSR count). The maximum atomic E-state index is 12.7. The molecular formula is C24H27N5O4S2. The number of benzene rings is 2. The maximum absolute atomic E-state index is 12.7. The van der Waals surface area contributed by atoms with E-state index >= 15 is 0 Å². The molecule has 0 bridgehead atoms. The van der Waals surface area contributed by atoms with E-state index in [1.54, 1.807) is 36.0 Å². The van der Waals surface area contributed by atoms with Crippen LogP contribution >= 0.6 is 23.5 Å². The molecule has 11 heteroatoms. The number of thioether (sulfide) groups is 2. The van der Waals surface area contributed by atoms with Gasteiger partial charge in [-0.15, -0.1) is 28.5 Å². The smallest absolute Gasteiger partial charge is 0.251 e. The van der Waals surface area contributed by atoms with E-state index in [2.05, 4.69) is 27.4 Å². The Balaban J connectivity index is 1.62. The molecule has 0 aliphatic carbocycles. The van der Waals surface area contributed by atoms with Crippen molar-refractivity contribution < 1.29 is 19.1 Å². The summed E-state index contributed by atoms with van der Waals surface area (Å²) in [5.41, 5.74) is 1.17. The van der Waals surface area contributed by atoms with Gasteiger partial charge in [0.1, 0.15) is 0 Å². The van der Waals surface area contributed by atoms with Crippen molar-refractivity contribution in [2.75, 3.05) is 31.5 Å². The molecule has 2 N–H and O–H groups in total. The summed E-state index contributed by atoms with van der Waals surface area (Å²) in [6, 6.07) is 12.6. The van der Waals surface area contributed by atoms with Crippen LogP contribution in [0.5, 0.6) is 11.5 Å². The highest BCUT2D eigenvalue weighted by atomic mass is 32.2. The molecule has 3 aromatic rings. The van der Waals surface area contributed by atoms with E-state index in [0.717, 1.165) is 10.6 Å². The van der Waals surface area contributed by atoms with E-state index in [-0.39, 0.29) is 24.1 Å². The average Bonchev–Trinajstić information content (AvgIpc) is 3.27. The van der Waals surface area contributed by atoms with Crippen LogP contribution in [0, 0.1) is 0 Å². The summed E-state index contributed by atoms with van der Waals surface area (Å²) in [6.07, 6.45) is 3.69. The largest absolute Gasteiger partial charge is 0.493 e. The van der Waals surface area contributed by atoms with Gasteiger partial charge in [-0.05, 0) is 42.7 Å². The third kappa shape index (κ3) is 7.03. The summed E-state index contributed by atoms with van der Waals surface area (Å²) in [6.45, 7) is 4.38. The molecule has 0 radical (unpaired) electrons. The van der Waals surface area contributed by atoms with Crippen LogP contribution in [0.25, 0.3) is 0 Å². The number of rotatable bonds is 12. The van der Waals surface area contributed by atoms with Gasteiger partial charge in [0.15, 0.2) is 22.5 Å². The summed E-state index contributed by atoms with van der Waals surface area (Å²) in [5.74, 6) is 1.28. The SMILES string of the molecule is C=CCn1c(CNC(=O)c2ccc(OC)c(OC)c2)nnc1SCC(=O)Nc1cccc(SC)c1. The molecule has 0 fully saturated rings. The van der Waals surface area contributed by atoms with Gasteiger partial charge in [-0.1, -0.05) is 23.9 Å². The van der Waals surface area contributed by atoms with Gasteiger partial charge in [0.25, 0.3) is 5.91 Å². The van der Waals surface area contributed by atoms with Crippen molar-refractivity contribution in [1.82, 2.24) is 20.1 Å². The highest BCUT2D eigenvalue weighted by Gasteiger charge is 2.16. The van der Waals surface area contributed by atoms with E-state index in [1.807, 2.05) is 35.1 Å². The molecule has 2 amide bonds. The van der Waals surface area contributed by atoms with Crippen LogP contribution in [-0.4, -0.2) is 52.8 Å². The average molecular weight is 514 g/mol. The fourth-order valence-corrected chi connectivity index (χ4v) is 4.36. The summed E-state index contributed by atoms with van der Waals surface area (Å²) in [4.78, 5) is 26.2. The number of aromatic nitrogens is 3. The molecule has 9 nitrogen and oxygen atoms in total. The second-order valence-electron chi connectivity index (χ2n) is 7.12. The van der Waals surface area contributed by atoms with E-state index in [9.17, 15) is 9.59 Å². The van der Waals surface area contributed by atoms with Crippen LogP contribution in [0.1, 0.15) is 16.2 Å². The second-order valence-corrected chi connectivity index (χ2v) is 8.94. The predicted molar refractivity (Wildman–Crippen MR) is 139 cm³/mol. The van der Waals surface area contributed by atoms with E-state index in [0.29, 0.717) is 34.6 Å². The number of nitrogens with zero attached hydrogens (tertiary/aromatic N) is 3. The first-order chi connectivity index (χ1) is 17.0. The maximum Gasteiger partial charge on any atom is 0.251 e. The van der Waals surface area contributed by atoms with Gasteiger partial charge >= 0.3 is 0 Å². The van der Waals surface area contributed by atoms with Crippen LogP contribution in [0.4, 0.5) is 5.69 Å². The number of amides is 2. The fourth-order valence-electron chi connectivity index (χ4n) is 3.14. The number of hydrogen-bond donors (Lipinski definition) is 2. The van der Waals surface area contributed by atoms with E-state index < -0.39 is 0 Å². The molecular weight excluding hydrogens is 486 g/mol. The van der Waals surface area contributed by atoms with Gasteiger partial charge in [-0.2, -0.15) is 0 Å². The lowest BCUT2D eigenvalue weighted by Crippen LogP contribution is -2.25. The Morgan fingerprint density at radius 1 is 1.11 bits per heavy atom. The first-order valence-electron chi connectivity index (χ1n) is 10.6. The van der Waals surface area contributed by atoms with Gasteiger partial charge in [-0.3, -0.25) is 9.59 Å². The molecule has 0 unspecified atom stereocenters. The highest BCUT2D eigenvalue weighted by molar-refractivity contribution is 7.99. The quantitative estimate of drug-likeness (QED) is 0.278. The minimum Gasteiger partial charge on any atom is -0.493 e. The Morgan fingerprint density at radius 3 is 2.63 bits per heavy atom. The molecule has 0 saturated carbocycles. The Hall–Kier alpha value is -3.44. The number of allylic oxidation sites excluding steroid dienone is 1. The first kappa shape index (κ1) is 26.2. The van der Waals surface area contributed by atoms with Gasteiger partial charge < -0.3 is 24.7 Å². The topological polar surface area (TPSA) is 107 Å². The Morgan fingerprint density at radius 2 is 1.91 bits per heavy atom. The zero-order chi connectivity index (χ0) is 25.2. The summed E-state index contributed by atoms with van der Waals surface area (Å²) < 4.78 is 12.3. The normalized spacial score (nSPS) is 10.5. The lowest BCUT2D eigenvalue weighted by Gasteiger charge is -2.11. The van der Waals surface area contributed by atoms with Crippen molar-refractivity contribution in [2.24, 2.45) is 0 Å². The monoisotopic (exact) mass is 513 g/mol. The lowest BCUT2D eigenvalue weighted by molar-refractivity contribution is -0.113. The summed E-state index contributed by atoms with van der Waals surface area (Å²) in [7, 11) is 3.05. The van der Waals surface area contributed by atoms with Crippen molar-refractivity contribution >= 4 is 41.0 Å². The molecule has 2 aromatic carbocycles. The minimum atomic E-state index is -0.292. The number of anilines is 1. The molecule has 0 atom stereocenters. The molecule has 0 aliphatic rings. The fraction of sp³-hybridized carbons (Fsp3) is 0.250. The first-order valence-corrected chi connectivity index (χ1v) is 12.8. The third-order valence-electron chi connectivity index (χ3n) is 4.84. The zero-order valence-corrected chi connectivity index (χ0v) is 21.4. The van der Waals surface area contributed by atoms with Gasteiger partial charge in [0, 0.05) is 22.7 Å². The third-order valence-corrected chi connectivity index (χ3v) is 6.54.